The van der Waals surface area contributed by atoms with Crippen molar-refractivity contribution in [3.63, 3.8) is 0 Å². The lowest BCUT2D eigenvalue weighted by Crippen LogP contribution is -2.61. The van der Waals surface area contributed by atoms with Gasteiger partial charge in [-0.15, -0.1) is 0 Å². The summed E-state index contributed by atoms with van der Waals surface area (Å²) < 4.78 is 27.2. The van der Waals surface area contributed by atoms with Crippen LogP contribution in [0.15, 0.2) is 176 Å². The van der Waals surface area contributed by atoms with Gasteiger partial charge in [0.2, 0.25) is 0 Å². The molecule has 0 bridgehead atoms. The van der Waals surface area contributed by atoms with Crippen LogP contribution in [0.1, 0.15) is 81.3 Å². The van der Waals surface area contributed by atoms with Crippen molar-refractivity contribution in [2.75, 3.05) is 9.80 Å². The SMILES string of the molecule is [2H]C([2H])([2H])c1cc2c3c(c1)N(c1ccc(C(C)(C)C)cc1-c1ccccc1)c1cc4c(cc1B3c1cc(-c3ccccc3)ccc1N2c1ccc(-c2ccccc2)cc1)C(C)(C)CC4(C)C. The van der Waals surface area contributed by atoms with Crippen molar-refractivity contribution in [3.8, 4) is 33.4 Å². The second kappa shape index (κ2) is 14.2. The molecule has 2 aliphatic heterocycles. The van der Waals surface area contributed by atoms with Gasteiger partial charge in [0.1, 0.15) is 0 Å². The molecule has 0 fully saturated rings. The minimum atomic E-state index is -2.38. The molecule has 0 amide bonds. The Balaban J connectivity index is 1.27. The van der Waals surface area contributed by atoms with Crippen molar-refractivity contribution in [3.05, 3.63) is 198 Å². The number of aryl methyl sites for hydroxylation is 1. The number of hydrogen-bond acceptors (Lipinski definition) is 2. The Morgan fingerprint density at radius 1 is 0.476 bits per heavy atom. The standard InChI is InChI=1S/C60H55BN2/c1-39-32-55-57-56(33-39)63(52-31-27-45(58(2,3)4)35-47(52)43-22-16-11-17-23-43)54-37-49-48(59(5,6)38-60(49,7)8)36-51(54)61(57)50-34-44(41-20-14-10-15-21-41)26-30-53(50)62(55)46-28-24-42(25-29-46)40-18-12-9-13-19-40/h9-37H,38H2,1-8H3/i1D3. The summed E-state index contributed by atoms with van der Waals surface area (Å²) in [7, 11) is 0. The maximum atomic E-state index is 9.07. The topological polar surface area (TPSA) is 6.48 Å². The summed E-state index contributed by atoms with van der Waals surface area (Å²) in [6.45, 7) is 13.8. The molecule has 0 radical (unpaired) electrons. The van der Waals surface area contributed by atoms with Gasteiger partial charge in [-0.25, -0.2) is 0 Å². The third kappa shape index (κ3) is 6.38. The van der Waals surface area contributed by atoms with Crippen LogP contribution in [0.25, 0.3) is 33.4 Å². The van der Waals surface area contributed by atoms with E-state index in [9.17, 15) is 0 Å². The molecular weight excluding hydrogens is 759 g/mol. The Morgan fingerprint density at radius 2 is 1.00 bits per heavy atom. The third-order valence-corrected chi connectivity index (χ3v) is 14.1. The molecule has 11 rings (SSSR count). The van der Waals surface area contributed by atoms with Gasteiger partial charge in [0, 0.05) is 38.1 Å². The fraction of sp³-hybridized carbons (Fsp3) is 0.200. The van der Waals surface area contributed by atoms with Gasteiger partial charge in [0.15, 0.2) is 0 Å². The number of benzene rings is 8. The predicted molar refractivity (Wildman–Crippen MR) is 271 cm³/mol. The Hall–Kier alpha value is -6.58. The van der Waals surface area contributed by atoms with Crippen molar-refractivity contribution >= 4 is 57.2 Å². The van der Waals surface area contributed by atoms with Crippen molar-refractivity contribution < 1.29 is 4.11 Å². The van der Waals surface area contributed by atoms with Crippen molar-refractivity contribution in [1.82, 2.24) is 0 Å². The van der Waals surface area contributed by atoms with E-state index in [-0.39, 0.29) is 23.0 Å². The molecular formula is C60H55BN2. The fourth-order valence-corrected chi connectivity index (χ4v) is 11.3. The molecule has 8 aromatic carbocycles. The quantitative estimate of drug-likeness (QED) is 0.160. The molecule has 1 aliphatic carbocycles. The van der Waals surface area contributed by atoms with Gasteiger partial charge in [-0.3, -0.25) is 0 Å². The van der Waals surface area contributed by atoms with E-state index < -0.39 is 6.85 Å². The largest absolute Gasteiger partial charge is 0.311 e. The summed E-state index contributed by atoms with van der Waals surface area (Å²) in [6, 6.07) is 63.3. The van der Waals surface area contributed by atoms with Crippen LogP contribution in [0, 0.1) is 6.85 Å². The van der Waals surface area contributed by atoms with E-state index in [1.165, 1.54) is 27.6 Å². The van der Waals surface area contributed by atoms with E-state index in [0.717, 1.165) is 79.4 Å². The minimum absolute atomic E-state index is 0.0492. The first kappa shape index (κ1) is 36.0. The van der Waals surface area contributed by atoms with Gasteiger partial charge >= 0.3 is 0 Å². The van der Waals surface area contributed by atoms with Crippen LogP contribution in [0.4, 0.5) is 34.1 Å². The molecule has 0 saturated heterocycles. The molecule has 8 aromatic rings. The second-order valence-electron chi connectivity index (χ2n) is 20.3. The molecule has 0 aromatic heterocycles. The first-order valence-corrected chi connectivity index (χ1v) is 22.5. The fourth-order valence-electron chi connectivity index (χ4n) is 11.3. The van der Waals surface area contributed by atoms with Crippen LogP contribution in [0.5, 0.6) is 0 Å². The van der Waals surface area contributed by atoms with Crippen LogP contribution in [0.3, 0.4) is 0 Å². The summed E-state index contributed by atoms with van der Waals surface area (Å²) in [5.74, 6) is 0. The average Bonchev–Trinajstić information content (AvgIpc) is 3.49. The second-order valence-corrected chi connectivity index (χ2v) is 20.3. The van der Waals surface area contributed by atoms with E-state index in [4.69, 9.17) is 4.11 Å². The smallest absolute Gasteiger partial charge is 0.252 e. The molecule has 63 heavy (non-hydrogen) atoms. The van der Waals surface area contributed by atoms with E-state index >= 15 is 0 Å². The molecule has 2 heterocycles. The van der Waals surface area contributed by atoms with E-state index in [2.05, 4.69) is 216 Å². The molecule has 0 saturated carbocycles. The Kier molecular flexibility index (Phi) is 8.12. The molecule has 0 N–H and O–H groups in total. The Labute approximate surface area is 379 Å². The zero-order valence-electron chi connectivity index (χ0n) is 40.4. The zero-order chi connectivity index (χ0) is 45.9. The summed E-state index contributed by atoms with van der Waals surface area (Å²) in [5.41, 5.74) is 20.3. The van der Waals surface area contributed by atoms with Crippen LogP contribution in [-0.2, 0) is 16.2 Å². The lowest BCUT2D eigenvalue weighted by Gasteiger charge is -2.45. The molecule has 2 nitrogen and oxygen atoms in total. The summed E-state index contributed by atoms with van der Waals surface area (Å²) >= 11 is 0. The zero-order valence-corrected chi connectivity index (χ0v) is 37.4. The van der Waals surface area contributed by atoms with E-state index in [1.54, 1.807) is 0 Å². The van der Waals surface area contributed by atoms with Gasteiger partial charge < -0.3 is 9.80 Å². The average molecular weight is 818 g/mol. The van der Waals surface area contributed by atoms with E-state index in [1.807, 2.05) is 18.2 Å². The molecule has 308 valence electrons. The van der Waals surface area contributed by atoms with Crippen LogP contribution < -0.4 is 26.2 Å². The number of rotatable bonds is 5. The third-order valence-electron chi connectivity index (χ3n) is 14.1. The lowest BCUT2D eigenvalue weighted by molar-refractivity contribution is 0.403. The highest BCUT2D eigenvalue weighted by Gasteiger charge is 2.48. The van der Waals surface area contributed by atoms with Gasteiger partial charge in [-0.1, -0.05) is 176 Å². The normalized spacial score (nSPS) is 16.3. The van der Waals surface area contributed by atoms with Crippen molar-refractivity contribution in [1.29, 1.82) is 0 Å². The molecule has 0 unspecified atom stereocenters. The predicted octanol–water partition coefficient (Wildman–Crippen LogP) is 14.3. The number of nitrogens with zero attached hydrogens (tertiary/aromatic N) is 2. The highest BCUT2D eigenvalue weighted by molar-refractivity contribution is 7.00. The summed E-state index contributed by atoms with van der Waals surface area (Å²) in [6.07, 6.45) is 1.03. The van der Waals surface area contributed by atoms with Gasteiger partial charge in [0.05, 0.1) is 5.69 Å². The van der Waals surface area contributed by atoms with Crippen molar-refractivity contribution in [2.24, 2.45) is 0 Å². The van der Waals surface area contributed by atoms with Crippen LogP contribution in [-0.4, -0.2) is 6.71 Å². The summed E-state index contributed by atoms with van der Waals surface area (Å²) in [5, 5.41) is 0. The first-order chi connectivity index (χ1) is 31.5. The molecule has 3 aliphatic rings. The number of anilines is 6. The Bertz CT molecular complexity index is 3190. The van der Waals surface area contributed by atoms with Crippen molar-refractivity contribution in [2.45, 2.75) is 78.0 Å². The monoisotopic (exact) mass is 817 g/mol. The molecule has 3 heteroatoms. The summed E-state index contributed by atoms with van der Waals surface area (Å²) in [4.78, 5) is 4.76. The maximum Gasteiger partial charge on any atom is 0.252 e. The first-order valence-electron chi connectivity index (χ1n) is 24.0. The molecule has 0 spiro atoms. The maximum absolute atomic E-state index is 9.07. The number of fused-ring (bicyclic) bond motifs is 5. The van der Waals surface area contributed by atoms with Gasteiger partial charge in [-0.05, 0) is 145 Å². The number of hydrogen-bond donors (Lipinski definition) is 0. The highest BCUT2D eigenvalue weighted by atomic mass is 15.2. The van der Waals surface area contributed by atoms with Crippen LogP contribution >= 0.6 is 0 Å². The van der Waals surface area contributed by atoms with Gasteiger partial charge in [0.25, 0.3) is 6.71 Å². The van der Waals surface area contributed by atoms with Crippen LogP contribution in [0.2, 0.25) is 0 Å². The van der Waals surface area contributed by atoms with E-state index in [0.29, 0.717) is 5.56 Å². The lowest BCUT2D eigenvalue weighted by atomic mass is 9.33. The Morgan fingerprint density at radius 3 is 1.62 bits per heavy atom. The van der Waals surface area contributed by atoms with Gasteiger partial charge in [-0.2, -0.15) is 0 Å². The minimum Gasteiger partial charge on any atom is -0.311 e. The highest BCUT2D eigenvalue weighted by Crippen LogP contribution is 2.53. The molecule has 0 atom stereocenters.